The average Bonchev–Trinajstić information content (AvgIpc) is 2.99. The predicted octanol–water partition coefficient (Wildman–Crippen LogP) is 3.32. The molecular formula is C22H42N4O2. The molecule has 1 saturated carbocycles. The number of hydrogen-bond acceptors (Lipinski definition) is 3. The van der Waals surface area contributed by atoms with Gasteiger partial charge in [0, 0.05) is 46.3 Å². The standard InChI is InChI=1S/C22H42N4O2/c1-3-24-22(26-15-12-19(13-16-26)18-21(27)23-2)25-14-8-9-17-28-20-10-6-4-5-7-11-20/h19-20H,3-18H2,1-2H3,(H,23,27)(H,24,25). The summed E-state index contributed by atoms with van der Waals surface area (Å²) in [6.07, 6.45) is 13.4. The molecule has 0 bridgehead atoms. The third kappa shape index (κ3) is 8.80. The van der Waals surface area contributed by atoms with Crippen LogP contribution in [0.5, 0.6) is 0 Å². The lowest BCUT2D eigenvalue weighted by Crippen LogP contribution is -2.46. The molecule has 0 aromatic rings. The summed E-state index contributed by atoms with van der Waals surface area (Å²) in [7, 11) is 1.72. The van der Waals surface area contributed by atoms with Gasteiger partial charge in [-0.3, -0.25) is 9.79 Å². The van der Waals surface area contributed by atoms with Gasteiger partial charge in [0.25, 0.3) is 0 Å². The Labute approximate surface area is 171 Å². The first kappa shape index (κ1) is 23.0. The maximum atomic E-state index is 11.6. The first-order chi connectivity index (χ1) is 13.7. The second kappa shape index (κ2) is 13.8. The predicted molar refractivity (Wildman–Crippen MR) is 116 cm³/mol. The third-order valence-corrected chi connectivity index (χ3v) is 5.97. The highest BCUT2D eigenvalue weighted by Gasteiger charge is 2.23. The molecule has 1 amide bonds. The Morgan fingerprint density at radius 1 is 1.07 bits per heavy atom. The number of amides is 1. The zero-order valence-electron chi connectivity index (χ0n) is 18.2. The van der Waals surface area contributed by atoms with Crippen LogP contribution < -0.4 is 10.6 Å². The number of carbonyl (C=O) groups is 1. The fraction of sp³-hybridized carbons (Fsp3) is 0.909. The zero-order chi connectivity index (χ0) is 20.0. The van der Waals surface area contributed by atoms with E-state index in [1.165, 1.54) is 38.5 Å². The molecule has 162 valence electrons. The van der Waals surface area contributed by atoms with Gasteiger partial charge in [-0.1, -0.05) is 25.7 Å². The number of nitrogens with one attached hydrogen (secondary N) is 2. The lowest BCUT2D eigenvalue weighted by atomic mass is 9.93. The first-order valence-electron chi connectivity index (χ1n) is 11.6. The van der Waals surface area contributed by atoms with Crippen molar-refractivity contribution in [2.24, 2.45) is 10.9 Å². The van der Waals surface area contributed by atoms with Crippen molar-refractivity contribution in [2.75, 3.05) is 39.8 Å². The topological polar surface area (TPSA) is 66.0 Å². The van der Waals surface area contributed by atoms with Crippen molar-refractivity contribution in [1.82, 2.24) is 15.5 Å². The molecule has 2 fully saturated rings. The number of nitrogens with zero attached hydrogens (tertiary/aromatic N) is 2. The Morgan fingerprint density at radius 2 is 1.79 bits per heavy atom. The number of unbranched alkanes of at least 4 members (excludes halogenated alkanes) is 1. The number of rotatable bonds is 9. The molecule has 28 heavy (non-hydrogen) atoms. The van der Waals surface area contributed by atoms with Gasteiger partial charge in [0.1, 0.15) is 0 Å². The highest BCUT2D eigenvalue weighted by molar-refractivity contribution is 5.80. The summed E-state index contributed by atoms with van der Waals surface area (Å²) >= 11 is 0. The van der Waals surface area contributed by atoms with Gasteiger partial charge >= 0.3 is 0 Å². The molecule has 6 heteroatoms. The molecular weight excluding hydrogens is 352 g/mol. The Kier molecular flexibility index (Phi) is 11.3. The summed E-state index contributed by atoms with van der Waals surface area (Å²) in [5, 5.41) is 6.17. The fourth-order valence-electron chi connectivity index (χ4n) is 4.20. The molecule has 1 aliphatic carbocycles. The van der Waals surface area contributed by atoms with Crippen molar-refractivity contribution in [3.63, 3.8) is 0 Å². The van der Waals surface area contributed by atoms with E-state index in [4.69, 9.17) is 9.73 Å². The van der Waals surface area contributed by atoms with Gasteiger partial charge in [-0.05, 0) is 51.4 Å². The first-order valence-corrected chi connectivity index (χ1v) is 11.6. The van der Waals surface area contributed by atoms with E-state index in [1.807, 2.05) is 0 Å². The smallest absolute Gasteiger partial charge is 0.220 e. The van der Waals surface area contributed by atoms with Crippen molar-refractivity contribution >= 4 is 11.9 Å². The monoisotopic (exact) mass is 394 g/mol. The van der Waals surface area contributed by atoms with Crippen LogP contribution in [0.4, 0.5) is 0 Å². The molecule has 6 nitrogen and oxygen atoms in total. The molecule has 0 spiro atoms. The number of likely N-dealkylation sites (tertiary alicyclic amines) is 1. The number of hydrogen-bond donors (Lipinski definition) is 2. The van der Waals surface area contributed by atoms with Crippen molar-refractivity contribution in [1.29, 1.82) is 0 Å². The SMILES string of the molecule is CCNC(=NCCCCOC1CCCCCC1)N1CCC(CC(=O)NC)CC1. The van der Waals surface area contributed by atoms with Gasteiger partial charge < -0.3 is 20.3 Å². The second-order valence-corrected chi connectivity index (χ2v) is 8.23. The van der Waals surface area contributed by atoms with E-state index in [1.54, 1.807) is 7.05 Å². The van der Waals surface area contributed by atoms with Crippen LogP contribution in [0.15, 0.2) is 4.99 Å². The average molecular weight is 395 g/mol. The van der Waals surface area contributed by atoms with E-state index in [9.17, 15) is 4.79 Å². The Bertz CT molecular complexity index is 453. The van der Waals surface area contributed by atoms with E-state index in [0.717, 1.165) is 64.4 Å². The van der Waals surface area contributed by atoms with Gasteiger partial charge in [0.2, 0.25) is 5.91 Å². The van der Waals surface area contributed by atoms with Crippen molar-refractivity contribution in [3.05, 3.63) is 0 Å². The minimum atomic E-state index is 0.157. The van der Waals surface area contributed by atoms with E-state index < -0.39 is 0 Å². The minimum Gasteiger partial charge on any atom is -0.378 e. The van der Waals surface area contributed by atoms with Crippen LogP contribution in [-0.4, -0.2) is 62.7 Å². The lowest BCUT2D eigenvalue weighted by molar-refractivity contribution is -0.121. The summed E-state index contributed by atoms with van der Waals surface area (Å²) in [6, 6.07) is 0. The molecule has 0 radical (unpaired) electrons. The van der Waals surface area contributed by atoms with Gasteiger partial charge in [-0.2, -0.15) is 0 Å². The Hall–Kier alpha value is -1.30. The maximum Gasteiger partial charge on any atom is 0.220 e. The molecule has 1 aliphatic heterocycles. The van der Waals surface area contributed by atoms with Gasteiger partial charge in [0.15, 0.2) is 5.96 Å². The van der Waals surface area contributed by atoms with Crippen molar-refractivity contribution in [3.8, 4) is 0 Å². The van der Waals surface area contributed by atoms with Gasteiger partial charge in [-0.15, -0.1) is 0 Å². The number of ether oxygens (including phenoxy) is 1. The van der Waals surface area contributed by atoms with Crippen LogP contribution in [0, 0.1) is 5.92 Å². The van der Waals surface area contributed by atoms with Crippen LogP contribution in [0.1, 0.15) is 77.6 Å². The fourth-order valence-corrected chi connectivity index (χ4v) is 4.20. The van der Waals surface area contributed by atoms with E-state index in [0.29, 0.717) is 18.4 Å². The summed E-state index contributed by atoms with van der Waals surface area (Å²) in [4.78, 5) is 18.8. The maximum absolute atomic E-state index is 11.6. The largest absolute Gasteiger partial charge is 0.378 e. The highest BCUT2D eigenvalue weighted by Crippen LogP contribution is 2.21. The number of guanidine groups is 1. The number of piperidine rings is 1. The zero-order valence-corrected chi connectivity index (χ0v) is 18.2. The minimum absolute atomic E-state index is 0.157. The van der Waals surface area contributed by atoms with Crippen molar-refractivity contribution in [2.45, 2.75) is 83.7 Å². The quantitative estimate of drug-likeness (QED) is 0.272. The van der Waals surface area contributed by atoms with E-state index in [2.05, 4.69) is 22.5 Å². The summed E-state index contributed by atoms with van der Waals surface area (Å²) < 4.78 is 6.08. The summed E-state index contributed by atoms with van der Waals surface area (Å²) in [5.41, 5.74) is 0. The highest BCUT2D eigenvalue weighted by atomic mass is 16.5. The molecule has 2 N–H and O–H groups in total. The van der Waals surface area contributed by atoms with Crippen LogP contribution in [0.25, 0.3) is 0 Å². The van der Waals surface area contributed by atoms with Gasteiger partial charge in [-0.25, -0.2) is 0 Å². The normalized spacial score (nSPS) is 20.1. The molecule has 0 atom stereocenters. The van der Waals surface area contributed by atoms with Crippen LogP contribution in [0.3, 0.4) is 0 Å². The molecule has 1 heterocycles. The Morgan fingerprint density at radius 3 is 2.43 bits per heavy atom. The Balaban J connectivity index is 1.64. The molecule has 2 aliphatic rings. The van der Waals surface area contributed by atoms with Crippen LogP contribution in [-0.2, 0) is 9.53 Å². The lowest BCUT2D eigenvalue weighted by Gasteiger charge is -2.34. The van der Waals surface area contributed by atoms with Crippen LogP contribution in [0.2, 0.25) is 0 Å². The molecule has 1 saturated heterocycles. The van der Waals surface area contributed by atoms with E-state index in [-0.39, 0.29) is 5.91 Å². The van der Waals surface area contributed by atoms with Gasteiger partial charge in [0.05, 0.1) is 6.10 Å². The number of carbonyl (C=O) groups excluding carboxylic acids is 1. The summed E-state index contributed by atoms with van der Waals surface area (Å²) in [5.74, 6) is 1.69. The number of aliphatic imine (C=N–C) groups is 1. The second-order valence-electron chi connectivity index (χ2n) is 8.23. The molecule has 0 aromatic carbocycles. The summed E-state index contributed by atoms with van der Waals surface area (Å²) in [6.45, 7) is 6.71. The molecule has 0 aromatic heterocycles. The van der Waals surface area contributed by atoms with E-state index >= 15 is 0 Å². The molecule has 2 rings (SSSR count). The van der Waals surface area contributed by atoms with Crippen LogP contribution >= 0.6 is 0 Å². The molecule has 0 unspecified atom stereocenters. The van der Waals surface area contributed by atoms with Crippen molar-refractivity contribution < 1.29 is 9.53 Å². The third-order valence-electron chi connectivity index (χ3n) is 5.97.